The summed E-state index contributed by atoms with van der Waals surface area (Å²) >= 11 is 0. The van der Waals surface area contributed by atoms with Gasteiger partial charge in [-0.25, -0.2) is 0 Å². The van der Waals surface area contributed by atoms with E-state index in [1.54, 1.807) is 0 Å². The Hall–Kier alpha value is -18.4. The summed E-state index contributed by atoms with van der Waals surface area (Å²) in [4.78, 5) is 4.76. The molecule has 0 fully saturated rings. The molecule has 0 unspecified atom stereocenters. The molecule has 0 atom stereocenters. The second kappa shape index (κ2) is 35.3. The van der Waals surface area contributed by atoms with Crippen LogP contribution in [0.2, 0.25) is 0 Å². The van der Waals surface area contributed by atoms with Gasteiger partial charge in [0.1, 0.15) is 22.3 Å². The third kappa shape index (κ3) is 15.0. The fraction of sp³-hybridized carbons (Fsp3) is 0. The number of rotatable bonds is 18. The lowest BCUT2D eigenvalue weighted by molar-refractivity contribution is 0.669. The lowest BCUT2D eigenvalue weighted by Gasteiger charge is -2.28. The van der Waals surface area contributed by atoms with Gasteiger partial charge in [0.15, 0.2) is 0 Å². The second-order valence-corrected chi connectivity index (χ2v) is 35.3. The van der Waals surface area contributed by atoms with E-state index < -0.39 is 0 Å². The van der Waals surface area contributed by atoms with Crippen molar-refractivity contribution in [2.75, 3.05) is 9.80 Å². The van der Waals surface area contributed by atoms with Crippen molar-refractivity contribution in [2.24, 2.45) is 0 Å². The van der Waals surface area contributed by atoms with Crippen LogP contribution in [0.1, 0.15) is 0 Å². The van der Waals surface area contributed by atoms with Crippen molar-refractivity contribution >= 4 is 122 Å². The van der Waals surface area contributed by atoms with Gasteiger partial charge >= 0.3 is 0 Å². The van der Waals surface area contributed by atoms with E-state index in [2.05, 4.69) is 529 Å². The Kier molecular flexibility index (Phi) is 20.9. The van der Waals surface area contributed by atoms with Gasteiger partial charge in [0.05, 0.1) is 39.1 Å². The molecule has 6 heteroatoms. The molecule has 0 spiro atoms. The van der Waals surface area contributed by atoms with E-state index in [4.69, 9.17) is 8.83 Å². The first-order valence-electron chi connectivity index (χ1n) is 47.1. The van der Waals surface area contributed by atoms with Crippen LogP contribution in [0, 0.1) is 0 Å². The molecule has 0 bridgehead atoms. The molecular formula is C132H88N4O2. The summed E-state index contributed by atoms with van der Waals surface area (Å²) in [7, 11) is 0. The Morgan fingerprint density at radius 3 is 0.833 bits per heavy atom. The van der Waals surface area contributed by atoms with Gasteiger partial charge in [0, 0.05) is 99.3 Å². The molecule has 0 radical (unpaired) electrons. The third-order valence-corrected chi connectivity index (χ3v) is 27.2. The maximum atomic E-state index is 6.56. The van der Waals surface area contributed by atoms with Crippen molar-refractivity contribution in [3.05, 3.63) is 534 Å². The summed E-state index contributed by atoms with van der Waals surface area (Å²) < 4.78 is 17.9. The van der Waals surface area contributed by atoms with E-state index in [9.17, 15) is 0 Å². The van der Waals surface area contributed by atoms with Crippen LogP contribution in [0.25, 0.3) is 210 Å². The molecule has 26 aromatic rings. The van der Waals surface area contributed by atoms with Gasteiger partial charge in [-0.3, -0.25) is 0 Å². The number of furan rings is 2. The average molecular weight is 1760 g/mol. The summed E-state index contributed by atoms with van der Waals surface area (Å²) in [5.41, 5.74) is 40.0. The Labute approximate surface area is 800 Å². The third-order valence-electron chi connectivity index (χ3n) is 27.2. The maximum absolute atomic E-state index is 6.56. The summed E-state index contributed by atoms with van der Waals surface area (Å²) in [6.07, 6.45) is 0. The van der Waals surface area contributed by atoms with E-state index in [0.29, 0.717) is 0 Å². The molecule has 0 N–H and O–H groups in total. The normalized spacial score (nSPS) is 11.5. The van der Waals surface area contributed by atoms with Crippen LogP contribution < -0.4 is 9.80 Å². The highest BCUT2D eigenvalue weighted by molar-refractivity contribution is 6.14. The molecule has 648 valence electrons. The van der Waals surface area contributed by atoms with E-state index in [0.717, 1.165) is 156 Å². The lowest BCUT2D eigenvalue weighted by atomic mass is 9.96. The summed E-state index contributed by atoms with van der Waals surface area (Å²) in [5, 5.41) is 9.50. The van der Waals surface area contributed by atoms with Crippen LogP contribution >= 0.6 is 0 Å². The summed E-state index contributed by atoms with van der Waals surface area (Å²) in [5.74, 6) is 0. The molecule has 0 aliphatic rings. The molecule has 138 heavy (non-hydrogen) atoms. The number of nitrogens with zero attached hydrogens (tertiary/aromatic N) is 4. The SMILES string of the molecule is c1ccc(-c2ccc(-c3cccc(N(c4ccc(-c5cccc(-c6ccccc6-n6c7ccccc7c7ccccc76)c5)cc4)c4cccc(-c5cccc6c5oc5ccccc56)c4)c3)cc2)cc1.c1ccc(-c2ccc(-c3ccccc3N(c3ccc(-c4cccc(-c5ccccc5-n5c6ccccc6c6ccccc65)c4)cc3)c3cccc(-c4cccc5c4oc4ccccc45)c3)cc2)cc1. The highest BCUT2D eigenvalue weighted by Crippen LogP contribution is 2.49. The van der Waals surface area contributed by atoms with Crippen LogP contribution in [-0.2, 0) is 0 Å². The molecular weight excluding hydrogens is 1670 g/mol. The topological polar surface area (TPSA) is 42.6 Å². The molecule has 6 nitrogen and oxygen atoms in total. The lowest BCUT2D eigenvalue weighted by Crippen LogP contribution is -2.11. The van der Waals surface area contributed by atoms with Gasteiger partial charge in [-0.15, -0.1) is 0 Å². The fourth-order valence-electron chi connectivity index (χ4n) is 20.7. The summed E-state index contributed by atoms with van der Waals surface area (Å²) in [6, 6.07) is 192. The maximum Gasteiger partial charge on any atom is 0.143 e. The minimum Gasteiger partial charge on any atom is -0.455 e. The molecule has 0 saturated carbocycles. The van der Waals surface area contributed by atoms with E-state index in [1.807, 2.05) is 24.3 Å². The van der Waals surface area contributed by atoms with Crippen LogP contribution in [0.4, 0.5) is 34.1 Å². The first kappa shape index (κ1) is 81.6. The molecule has 4 heterocycles. The Balaban J connectivity index is 0.000000146. The minimum atomic E-state index is 0.892. The van der Waals surface area contributed by atoms with Gasteiger partial charge in [0.2, 0.25) is 0 Å². The zero-order valence-corrected chi connectivity index (χ0v) is 75.4. The van der Waals surface area contributed by atoms with Crippen molar-refractivity contribution in [2.45, 2.75) is 0 Å². The highest BCUT2D eigenvalue weighted by atomic mass is 16.3. The number of hydrogen-bond acceptors (Lipinski definition) is 4. The molecule has 22 aromatic carbocycles. The van der Waals surface area contributed by atoms with E-state index in [-0.39, 0.29) is 0 Å². The molecule has 26 rings (SSSR count). The number of fused-ring (bicyclic) bond motifs is 12. The molecule has 0 aliphatic heterocycles. The van der Waals surface area contributed by atoms with Gasteiger partial charge in [-0.2, -0.15) is 0 Å². The minimum absolute atomic E-state index is 0.892. The zero-order chi connectivity index (χ0) is 91.4. The van der Waals surface area contributed by atoms with E-state index in [1.165, 1.54) is 88.1 Å². The smallest absolute Gasteiger partial charge is 0.143 e. The van der Waals surface area contributed by atoms with Crippen LogP contribution in [0.5, 0.6) is 0 Å². The first-order valence-corrected chi connectivity index (χ1v) is 47.1. The van der Waals surface area contributed by atoms with Crippen molar-refractivity contribution in [1.82, 2.24) is 9.13 Å². The molecule has 0 aliphatic carbocycles. The van der Waals surface area contributed by atoms with Gasteiger partial charge < -0.3 is 27.8 Å². The second-order valence-electron chi connectivity index (χ2n) is 35.3. The number of hydrogen-bond donors (Lipinski definition) is 0. The zero-order valence-electron chi connectivity index (χ0n) is 75.4. The van der Waals surface area contributed by atoms with Crippen LogP contribution in [-0.4, -0.2) is 9.13 Å². The molecule has 0 saturated heterocycles. The predicted octanol–water partition coefficient (Wildman–Crippen LogP) is 37.0. The number of aromatic nitrogens is 2. The van der Waals surface area contributed by atoms with Crippen molar-refractivity contribution in [1.29, 1.82) is 0 Å². The highest BCUT2D eigenvalue weighted by Gasteiger charge is 2.25. The largest absolute Gasteiger partial charge is 0.455 e. The predicted molar refractivity (Wildman–Crippen MR) is 580 cm³/mol. The standard InChI is InChI=1S/2C66H44N2O/c1-2-17-45(18-3-1)46-35-37-48(38-36-46)54-23-4-9-30-61(54)67(53-22-15-21-51(44-53)56-28-16-29-60-59-27-8-13-34-65(59)69-66(56)60)52-41-39-47(40-42-52)49-19-14-20-50(43-49)55-24-5-10-31-62(55)68-63-32-11-6-25-57(63)58-26-7-12-33-64(58)68;1-2-16-45(17-3-1)46-34-36-47(37-35-46)50-19-13-22-54(43-50)67(55-23-14-21-52(44-55)57-28-15-29-61-60-27-7-11-33-65(60)69-66(57)61)53-40-38-48(39-41-53)49-18-12-20-51(42-49)56-24-4-8-30-62(56)68-63-31-9-5-25-58(63)59-26-6-10-32-64(59)68/h2*1-44H. The average Bonchev–Trinajstić information content (AvgIpc) is 1.59. The van der Waals surface area contributed by atoms with Crippen molar-refractivity contribution in [3.8, 4) is 123 Å². The molecule has 0 amide bonds. The number of benzene rings is 22. The Bertz CT molecular complexity index is 8970. The quantitative estimate of drug-likeness (QED) is 0.0859. The summed E-state index contributed by atoms with van der Waals surface area (Å²) in [6.45, 7) is 0. The van der Waals surface area contributed by atoms with Crippen molar-refractivity contribution in [3.63, 3.8) is 0 Å². The fourth-order valence-corrected chi connectivity index (χ4v) is 20.7. The van der Waals surface area contributed by atoms with Gasteiger partial charge in [-0.1, -0.05) is 406 Å². The van der Waals surface area contributed by atoms with Crippen LogP contribution in [0.15, 0.2) is 543 Å². The van der Waals surface area contributed by atoms with Crippen LogP contribution in [0.3, 0.4) is 0 Å². The first-order chi connectivity index (χ1) is 68.4. The number of anilines is 6. The Morgan fingerprint density at radius 2 is 0.406 bits per heavy atom. The monoisotopic (exact) mass is 1760 g/mol. The van der Waals surface area contributed by atoms with E-state index >= 15 is 0 Å². The van der Waals surface area contributed by atoms with Gasteiger partial charge in [0.25, 0.3) is 0 Å². The molecule has 4 aromatic heterocycles. The number of para-hydroxylation sites is 11. The Morgan fingerprint density at radius 1 is 0.145 bits per heavy atom. The van der Waals surface area contributed by atoms with Gasteiger partial charge in [-0.05, 0) is 211 Å². The van der Waals surface area contributed by atoms with Crippen molar-refractivity contribution < 1.29 is 8.83 Å².